The van der Waals surface area contributed by atoms with Crippen molar-refractivity contribution < 1.29 is 19.0 Å². The quantitative estimate of drug-likeness (QED) is 0.649. The maximum Gasteiger partial charge on any atom is 0.310 e. The first-order valence-electron chi connectivity index (χ1n) is 5.79. The van der Waals surface area contributed by atoms with Gasteiger partial charge in [0.15, 0.2) is 0 Å². The molecule has 0 aromatic rings. The predicted octanol–water partition coefficient (Wildman–Crippen LogP) is 0.244. The number of hydrogen-bond acceptors (Lipinski definition) is 5. The number of nitrogens with zero attached hydrogens (tertiary/aromatic N) is 1. The summed E-state index contributed by atoms with van der Waals surface area (Å²) in [5, 5.41) is 0. The fraction of sp³-hybridized carbons (Fsp3) is 0.909. The van der Waals surface area contributed by atoms with E-state index in [1.54, 1.807) is 0 Å². The fourth-order valence-corrected chi connectivity index (χ4v) is 2.29. The molecule has 0 amide bonds. The molecule has 0 aliphatic carbocycles. The lowest BCUT2D eigenvalue weighted by Crippen LogP contribution is -2.36. The van der Waals surface area contributed by atoms with Crippen LogP contribution < -0.4 is 0 Å². The number of ether oxygens (including phenoxy) is 3. The van der Waals surface area contributed by atoms with Crippen LogP contribution in [0, 0.1) is 5.92 Å². The van der Waals surface area contributed by atoms with Crippen molar-refractivity contribution in [2.45, 2.75) is 18.9 Å². The Morgan fingerprint density at radius 3 is 3.06 bits per heavy atom. The van der Waals surface area contributed by atoms with Gasteiger partial charge in [0.2, 0.25) is 0 Å². The third kappa shape index (κ3) is 2.93. The summed E-state index contributed by atoms with van der Waals surface area (Å²) in [4.78, 5) is 13.6. The van der Waals surface area contributed by atoms with Gasteiger partial charge in [-0.1, -0.05) is 0 Å². The first kappa shape index (κ1) is 11.8. The molecule has 0 spiro atoms. The van der Waals surface area contributed by atoms with Crippen molar-refractivity contribution in [3.8, 4) is 0 Å². The Morgan fingerprint density at radius 1 is 1.50 bits per heavy atom. The molecule has 2 unspecified atom stereocenters. The summed E-state index contributed by atoms with van der Waals surface area (Å²) in [6, 6.07) is 0. The molecular formula is C11H19NO4. The van der Waals surface area contributed by atoms with Crippen LogP contribution >= 0.6 is 0 Å². The van der Waals surface area contributed by atoms with Crippen molar-refractivity contribution in [3.05, 3.63) is 0 Å². The molecule has 0 bridgehead atoms. The van der Waals surface area contributed by atoms with E-state index in [0.717, 1.165) is 39.1 Å². The summed E-state index contributed by atoms with van der Waals surface area (Å²) in [7, 11) is 1.45. The summed E-state index contributed by atoms with van der Waals surface area (Å²) >= 11 is 0. The SMILES string of the molecule is COC(=O)C1CCN(CC2CCOCO2)C1. The number of hydrogen-bond donors (Lipinski definition) is 0. The van der Waals surface area contributed by atoms with Crippen molar-refractivity contribution in [2.24, 2.45) is 5.92 Å². The second-order valence-electron chi connectivity index (χ2n) is 4.37. The fourth-order valence-electron chi connectivity index (χ4n) is 2.29. The van der Waals surface area contributed by atoms with Crippen LogP contribution in [-0.2, 0) is 19.0 Å². The van der Waals surface area contributed by atoms with Gasteiger partial charge >= 0.3 is 5.97 Å². The Bertz CT molecular complexity index is 240. The van der Waals surface area contributed by atoms with Crippen LogP contribution in [0.1, 0.15) is 12.8 Å². The molecule has 0 aromatic heterocycles. The molecule has 0 saturated carbocycles. The zero-order valence-electron chi connectivity index (χ0n) is 9.68. The van der Waals surface area contributed by atoms with Crippen LogP contribution in [0.25, 0.3) is 0 Å². The van der Waals surface area contributed by atoms with Crippen molar-refractivity contribution in [3.63, 3.8) is 0 Å². The van der Waals surface area contributed by atoms with Gasteiger partial charge in [-0.05, 0) is 19.4 Å². The zero-order valence-corrected chi connectivity index (χ0v) is 9.68. The Morgan fingerprint density at radius 2 is 2.38 bits per heavy atom. The average Bonchev–Trinajstić information content (AvgIpc) is 2.78. The number of rotatable bonds is 3. The lowest BCUT2D eigenvalue weighted by atomic mass is 10.1. The molecule has 0 aromatic carbocycles. The number of carbonyl (C=O) groups excluding carboxylic acids is 1. The minimum atomic E-state index is -0.0876. The summed E-state index contributed by atoms with van der Waals surface area (Å²) in [6.07, 6.45) is 2.10. The molecule has 5 nitrogen and oxygen atoms in total. The molecule has 2 aliphatic heterocycles. The highest BCUT2D eigenvalue weighted by Gasteiger charge is 2.30. The van der Waals surface area contributed by atoms with Gasteiger partial charge < -0.3 is 14.2 Å². The van der Waals surface area contributed by atoms with E-state index in [1.165, 1.54) is 7.11 Å². The maximum absolute atomic E-state index is 11.4. The number of methoxy groups -OCH3 is 1. The number of likely N-dealkylation sites (tertiary alicyclic amines) is 1. The van der Waals surface area contributed by atoms with Crippen molar-refractivity contribution in [1.82, 2.24) is 4.90 Å². The highest BCUT2D eigenvalue weighted by molar-refractivity contribution is 5.72. The molecule has 2 atom stereocenters. The molecule has 2 rings (SSSR count). The summed E-state index contributed by atoms with van der Waals surface area (Å²) in [6.45, 7) is 3.84. The van der Waals surface area contributed by atoms with E-state index in [1.807, 2.05) is 0 Å². The van der Waals surface area contributed by atoms with Gasteiger partial charge in [-0.2, -0.15) is 0 Å². The van der Waals surface area contributed by atoms with Crippen LogP contribution in [0.4, 0.5) is 0 Å². The standard InChI is InChI=1S/C11H19NO4/c1-14-11(13)9-2-4-12(6-9)7-10-3-5-15-8-16-10/h9-10H,2-8H2,1H3. The normalized spacial score (nSPS) is 31.6. The number of carbonyl (C=O) groups is 1. The van der Waals surface area contributed by atoms with E-state index < -0.39 is 0 Å². The van der Waals surface area contributed by atoms with Crippen LogP contribution in [0.2, 0.25) is 0 Å². The highest BCUT2D eigenvalue weighted by Crippen LogP contribution is 2.19. The molecule has 2 saturated heterocycles. The lowest BCUT2D eigenvalue weighted by Gasteiger charge is -2.27. The first-order chi connectivity index (χ1) is 7.79. The van der Waals surface area contributed by atoms with Crippen molar-refractivity contribution in [2.75, 3.05) is 40.1 Å². The molecule has 16 heavy (non-hydrogen) atoms. The Hall–Kier alpha value is -0.650. The molecule has 5 heteroatoms. The Kier molecular flexibility index (Phi) is 4.15. The van der Waals surface area contributed by atoms with Gasteiger partial charge in [0.25, 0.3) is 0 Å². The van der Waals surface area contributed by atoms with Crippen molar-refractivity contribution in [1.29, 1.82) is 0 Å². The van der Waals surface area contributed by atoms with E-state index in [-0.39, 0.29) is 18.0 Å². The van der Waals surface area contributed by atoms with Crippen LogP contribution in [-0.4, -0.2) is 57.1 Å². The average molecular weight is 229 g/mol. The third-order valence-electron chi connectivity index (χ3n) is 3.24. The zero-order chi connectivity index (χ0) is 11.4. The van der Waals surface area contributed by atoms with Crippen molar-refractivity contribution >= 4 is 5.97 Å². The van der Waals surface area contributed by atoms with Crippen LogP contribution in [0.15, 0.2) is 0 Å². The minimum Gasteiger partial charge on any atom is -0.469 e. The summed E-state index contributed by atoms with van der Waals surface area (Å²) in [5.74, 6) is -0.0414. The molecule has 92 valence electrons. The van der Waals surface area contributed by atoms with E-state index in [2.05, 4.69) is 4.90 Å². The highest BCUT2D eigenvalue weighted by atomic mass is 16.7. The van der Waals surface area contributed by atoms with Crippen LogP contribution in [0.5, 0.6) is 0 Å². The second kappa shape index (κ2) is 5.61. The molecule has 0 radical (unpaired) electrons. The Balaban J connectivity index is 1.73. The van der Waals surface area contributed by atoms with Gasteiger partial charge in [-0.15, -0.1) is 0 Å². The molecular weight excluding hydrogens is 210 g/mol. The van der Waals surface area contributed by atoms with Gasteiger partial charge in [0.05, 0.1) is 25.7 Å². The summed E-state index contributed by atoms with van der Waals surface area (Å²) in [5.41, 5.74) is 0. The molecule has 2 fully saturated rings. The largest absolute Gasteiger partial charge is 0.469 e. The van der Waals surface area contributed by atoms with Crippen LogP contribution in [0.3, 0.4) is 0 Å². The third-order valence-corrected chi connectivity index (χ3v) is 3.24. The topological polar surface area (TPSA) is 48.0 Å². The molecule has 0 N–H and O–H groups in total. The predicted molar refractivity (Wildman–Crippen MR) is 56.9 cm³/mol. The summed E-state index contributed by atoms with van der Waals surface area (Å²) < 4.78 is 15.4. The molecule has 2 aliphatic rings. The maximum atomic E-state index is 11.4. The van der Waals surface area contributed by atoms with E-state index in [9.17, 15) is 4.79 Å². The Labute approximate surface area is 95.6 Å². The van der Waals surface area contributed by atoms with E-state index in [0.29, 0.717) is 6.79 Å². The van der Waals surface area contributed by atoms with Gasteiger partial charge in [-0.3, -0.25) is 9.69 Å². The monoisotopic (exact) mass is 229 g/mol. The van der Waals surface area contributed by atoms with E-state index in [4.69, 9.17) is 14.2 Å². The van der Waals surface area contributed by atoms with Gasteiger partial charge in [0.1, 0.15) is 6.79 Å². The minimum absolute atomic E-state index is 0.0461. The van der Waals surface area contributed by atoms with E-state index >= 15 is 0 Å². The van der Waals surface area contributed by atoms with Gasteiger partial charge in [0, 0.05) is 13.1 Å². The lowest BCUT2D eigenvalue weighted by molar-refractivity contribution is -0.147. The second-order valence-corrected chi connectivity index (χ2v) is 4.37. The first-order valence-corrected chi connectivity index (χ1v) is 5.79. The number of esters is 1. The molecule has 2 heterocycles. The van der Waals surface area contributed by atoms with Gasteiger partial charge in [-0.25, -0.2) is 0 Å². The smallest absolute Gasteiger partial charge is 0.310 e.